The maximum Gasteiger partial charge on any atom is 0.359 e. The van der Waals surface area contributed by atoms with Crippen LogP contribution in [0.15, 0.2) is 0 Å². The largest absolute Gasteiger partial charge is 0.463 e. The second-order valence-corrected chi connectivity index (χ2v) is 8.71. The molecule has 150 valence electrons. The summed E-state index contributed by atoms with van der Waals surface area (Å²) in [6, 6.07) is 0. The van der Waals surface area contributed by atoms with E-state index >= 15 is 0 Å². The van der Waals surface area contributed by atoms with E-state index in [-0.39, 0.29) is 13.2 Å². The van der Waals surface area contributed by atoms with Gasteiger partial charge < -0.3 is 18.9 Å². The van der Waals surface area contributed by atoms with E-state index in [2.05, 4.69) is 18.9 Å². The lowest BCUT2D eigenvalue weighted by Gasteiger charge is -2.26. The van der Waals surface area contributed by atoms with E-state index in [9.17, 15) is 19.2 Å². The first-order chi connectivity index (χ1) is 11.8. The number of rotatable bonds is 7. The minimum absolute atomic E-state index is 0.186. The van der Waals surface area contributed by atoms with Gasteiger partial charge in [-0.2, -0.15) is 0 Å². The van der Waals surface area contributed by atoms with Crippen molar-refractivity contribution in [2.75, 3.05) is 13.2 Å². The summed E-state index contributed by atoms with van der Waals surface area (Å²) in [5.74, 6) is -5.71. The Balaban J connectivity index is 5.82. The first kappa shape index (κ1) is 25.6. The zero-order valence-corrected chi connectivity index (χ0v) is 17.6. The van der Waals surface area contributed by atoms with Gasteiger partial charge in [0.05, 0.1) is 13.2 Å². The topological polar surface area (TPSA) is 105 Å². The van der Waals surface area contributed by atoms with E-state index in [0.29, 0.717) is 0 Å². The lowest BCUT2D eigenvalue weighted by molar-refractivity contribution is -0.191. The van der Waals surface area contributed by atoms with Crippen LogP contribution >= 0.6 is 69.6 Å². The Kier molecular flexibility index (Phi) is 10.7. The summed E-state index contributed by atoms with van der Waals surface area (Å²) >= 11 is 32.1. The maximum atomic E-state index is 12.1. The number of carbonyl (C=O) groups excluding carboxylic acids is 4. The lowest BCUT2D eigenvalue weighted by Crippen LogP contribution is -2.49. The number of esters is 4. The van der Waals surface area contributed by atoms with Gasteiger partial charge in [-0.1, -0.05) is 69.6 Å². The van der Waals surface area contributed by atoms with E-state index < -0.39 is 43.7 Å². The molecule has 0 bridgehead atoms. The number of hydrogen-bond donors (Lipinski definition) is 0. The summed E-state index contributed by atoms with van der Waals surface area (Å²) < 4.78 is 13.4. The van der Waals surface area contributed by atoms with Crippen LogP contribution in [0, 0.1) is 0 Å². The summed E-state index contributed by atoms with van der Waals surface area (Å²) in [5, 5.41) is 0. The van der Waals surface area contributed by atoms with Gasteiger partial charge in [-0.05, 0) is 13.8 Å². The quantitative estimate of drug-likeness (QED) is 0.301. The Labute approximate surface area is 178 Å². The molecular weight excluding hydrogens is 485 g/mol. The highest BCUT2D eigenvalue weighted by Crippen LogP contribution is 2.31. The van der Waals surface area contributed by atoms with E-state index in [1.165, 1.54) is 13.8 Å². The van der Waals surface area contributed by atoms with Gasteiger partial charge in [-0.15, -0.1) is 0 Å². The molecule has 0 saturated carbocycles. The van der Waals surface area contributed by atoms with E-state index in [1.54, 1.807) is 0 Å². The minimum atomic E-state index is -2.61. The van der Waals surface area contributed by atoms with Crippen LogP contribution in [-0.2, 0) is 38.1 Å². The maximum absolute atomic E-state index is 12.1. The molecule has 14 heteroatoms. The summed E-state index contributed by atoms with van der Waals surface area (Å²) in [4.78, 5) is 47.6. The van der Waals surface area contributed by atoms with Crippen LogP contribution in [0.4, 0.5) is 0 Å². The van der Waals surface area contributed by atoms with Gasteiger partial charge in [0.1, 0.15) is 0 Å². The monoisotopic (exact) mass is 494 g/mol. The van der Waals surface area contributed by atoms with Crippen LogP contribution in [0.3, 0.4) is 0 Å². The van der Waals surface area contributed by atoms with Crippen LogP contribution < -0.4 is 0 Å². The average molecular weight is 497 g/mol. The third-order valence-electron chi connectivity index (χ3n) is 2.24. The number of alkyl halides is 6. The summed E-state index contributed by atoms with van der Waals surface area (Å²) in [6.45, 7) is 2.46. The van der Waals surface area contributed by atoms with Crippen molar-refractivity contribution in [3.63, 3.8) is 0 Å². The number of halogens is 6. The second kappa shape index (κ2) is 10.8. The fourth-order valence-electron chi connectivity index (χ4n) is 1.28. The van der Waals surface area contributed by atoms with Crippen LogP contribution in [0.25, 0.3) is 0 Å². The van der Waals surface area contributed by atoms with Crippen LogP contribution in [0.2, 0.25) is 0 Å². The van der Waals surface area contributed by atoms with Gasteiger partial charge in [0.15, 0.2) is 0 Å². The van der Waals surface area contributed by atoms with Crippen molar-refractivity contribution < 1.29 is 38.1 Å². The van der Waals surface area contributed by atoms with Gasteiger partial charge in [0.25, 0.3) is 7.59 Å². The Morgan fingerprint density at radius 2 is 0.962 bits per heavy atom. The molecule has 0 aliphatic rings. The highest BCUT2D eigenvalue weighted by molar-refractivity contribution is 6.76. The normalized spacial score (nSPS) is 14.0. The molecule has 0 fully saturated rings. The Morgan fingerprint density at radius 3 is 1.15 bits per heavy atom. The van der Waals surface area contributed by atoms with Gasteiger partial charge >= 0.3 is 23.9 Å². The zero-order valence-electron chi connectivity index (χ0n) is 13.1. The van der Waals surface area contributed by atoms with Crippen molar-refractivity contribution in [2.24, 2.45) is 0 Å². The van der Waals surface area contributed by atoms with E-state index in [0.717, 1.165) is 0 Å². The third kappa shape index (κ3) is 8.54. The highest BCUT2D eigenvalue weighted by Gasteiger charge is 2.48. The zero-order chi connectivity index (χ0) is 20.7. The molecule has 0 amide bonds. The molecule has 0 N–H and O–H groups in total. The summed E-state index contributed by atoms with van der Waals surface area (Å²) in [6.07, 6.45) is -4.37. The van der Waals surface area contributed by atoms with Crippen LogP contribution in [-0.4, -0.2) is 56.9 Å². The fraction of sp³-hybridized carbons (Fsp3) is 0.667. The van der Waals surface area contributed by atoms with Crippen LogP contribution in [0.1, 0.15) is 13.8 Å². The highest BCUT2D eigenvalue weighted by atomic mass is 35.6. The third-order valence-corrected chi connectivity index (χ3v) is 3.17. The van der Waals surface area contributed by atoms with Crippen LogP contribution in [0.5, 0.6) is 0 Å². The van der Waals surface area contributed by atoms with Crippen molar-refractivity contribution >= 4 is 93.5 Å². The van der Waals surface area contributed by atoms with Crippen molar-refractivity contribution in [3.8, 4) is 0 Å². The fourth-order valence-corrected chi connectivity index (χ4v) is 1.55. The first-order valence-corrected chi connectivity index (χ1v) is 8.91. The van der Waals surface area contributed by atoms with Crippen molar-refractivity contribution in [2.45, 2.75) is 33.6 Å². The lowest BCUT2D eigenvalue weighted by atomic mass is 10.2. The molecule has 8 nitrogen and oxygen atoms in total. The molecule has 0 aliphatic carbocycles. The van der Waals surface area contributed by atoms with Gasteiger partial charge in [0, 0.05) is 0 Å². The molecule has 0 spiro atoms. The van der Waals surface area contributed by atoms with E-state index in [1.807, 2.05) is 0 Å². The summed E-state index contributed by atoms with van der Waals surface area (Å²) in [5.41, 5.74) is 0. The van der Waals surface area contributed by atoms with Crippen molar-refractivity contribution in [3.05, 3.63) is 0 Å². The molecule has 0 rings (SSSR count). The molecule has 0 aromatic rings. The molecule has 0 aromatic carbocycles. The SMILES string of the molecule is CCOC(=O)[C@@H](OC(=O)C(Cl)(Cl)Cl)[C@H](OC(=O)C(Cl)(Cl)Cl)C(=O)OCC. The predicted molar refractivity (Wildman–Crippen MR) is 93.6 cm³/mol. The van der Waals surface area contributed by atoms with Gasteiger partial charge in [0.2, 0.25) is 12.2 Å². The molecular formula is C12H12Cl6O8. The molecule has 0 aromatic heterocycles. The molecule has 0 unspecified atom stereocenters. The molecule has 0 saturated heterocycles. The molecule has 26 heavy (non-hydrogen) atoms. The molecule has 0 radical (unpaired) electrons. The standard InChI is InChI=1S/C12H12Cl6O8/c1-3-23-7(19)5(25-9(21)11(13,14)15)6(8(20)24-4-2)26-10(22)12(16,17)18/h5-6H,3-4H2,1-2H3/t5-,6-/m0/s1. The van der Waals surface area contributed by atoms with E-state index in [4.69, 9.17) is 69.6 Å². The summed E-state index contributed by atoms with van der Waals surface area (Å²) in [7, 11) is 0. The Bertz CT molecular complexity index is 493. The number of carbonyl (C=O) groups is 4. The average Bonchev–Trinajstić information content (AvgIpc) is 2.48. The minimum Gasteiger partial charge on any atom is -0.463 e. The van der Waals surface area contributed by atoms with Crippen molar-refractivity contribution in [1.82, 2.24) is 0 Å². The predicted octanol–water partition coefficient (Wildman–Crippen LogP) is 2.68. The van der Waals surface area contributed by atoms with Crippen molar-refractivity contribution in [1.29, 1.82) is 0 Å². The number of hydrogen-bond acceptors (Lipinski definition) is 8. The number of ether oxygens (including phenoxy) is 4. The molecule has 2 atom stereocenters. The molecule has 0 heterocycles. The second-order valence-electron chi connectivity index (χ2n) is 4.15. The Hall–Kier alpha value is -0.380. The van der Waals surface area contributed by atoms with Gasteiger partial charge in [-0.25, -0.2) is 19.2 Å². The Morgan fingerprint density at radius 1 is 0.692 bits per heavy atom. The first-order valence-electron chi connectivity index (χ1n) is 6.64. The molecule has 0 aliphatic heterocycles. The smallest absolute Gasteiger partial charge is 0.359 e. The van der Waals surface area contributed by atoms with Gasteiger partial charge in [-0.3, -0.25) is 0 Å².